The first kappa shape index (κ1) is 16.3. The van der Waals surface area contributed by atoms with Gasteiger partial charge in [-0.1, -0.05) is 12.0 Å². The molecule has 1 aliphatic rings. The summed E-state index contributed by atoms with van der Waals surface area (Å²) in [5.74, 6) is 0. The maximum absolute atomic E-state index is 11.9. The molecular formula is C12H20N4O4. The number of carbonyl (C=O) groups is 2. The van der Waals surface area contributed by atoms with Crippen LogP contribution in [0.15, 0.2) is 5.11 Å². The van der Waals surface area contributed by atoms with Gasteiger partial charge in [0.15, 0.2) is 5.60 Å². The minimum atomic E-state index is -1.21. The number of hydrogen-bond donors (Lipinski definition) is 1. The summed E-state index contributed by atoms with van der Waals surface area (Å²) in [6.07, 6.45) is 0.745. The molecule has 0 aromatic carbocycles. The average Bonchev–Trinajstić information content (AvgIpc) is 2.69. The molecule has 20 heavy (non-hydrogen) atoms. The highest BCUT2D eigenvalue weighted by Gasteiger charge is 2.54. The van der Waals surface area contributed by atoms with Crippen molar-refractivity contribution >= 4 is 12.4 Å². The van der Waals surface area contributed by atoms with E-state index in [0.717, 1.165) is 0 Å². The van der Waals surface area contributed by atoms with Gasteiger partial charge < -0.3 is 14.6 Å². The fraction of sp³-hybridized carbons (Fsp3) is 0.833. The molecule has 0 aromatic heterocycles. The summed E-state index contributed by atoms with van der Waals surface area (Å²) in [4.78, 5) is 27.1. The first-order valence-electron chi connectivity index (χ1n) is 6.65. The van der Waals surface area contributed by atoms with Crippen molar-refractivity contribution in [2.45, 2.75) is 50.9 Å². The largest absolute Gasteiger partial charge is 0.438 e. The van der Waals surface area contributed by atoms with Gasteiger partial charge in [0, 0.05) is 18.0 Å². The first-order chi connectivity index (χ1) is 9.51. The zero-order valence-corrected chi connectivity index (χ0v) is 11.7. The molecule has 0 spiro atoms. The normalized spacial score (nSPS) is 26.9. The number of unbranched alkanes of at least 4 members (excludes halogenated alkanes) is 1. The Bertz CT molecular complexity index is 410. The Hall–Kier alpha value is -1.79. The number of hydrogen-bond acceptors (Lipinski definition) is 5. The average molecular weight is 284 g/mol. The van der Waals surface area contributed by atoms with Gasteiger partial charge in [-0.15, -0.1) is 0 Å². The first-order valence-corrected chi connectivity index (χ1v) is 6.65. The van der Waals surface area contributed by atoms with E-state index in [2.05, 4.69) is 10.0 Å². The summed E-state index contributed by atoms with van der Waals surface area (Å²) in [7, 11) is 0. The molecule has 0 bridgehead atoms. The van der Waals surface area contributed by atoms with E-state index in [4.69, 9.17) is 10.3 Å². The quantitative estimate of drug-likeness (QED) is 0.240. The van der Waals surface area contributed by atoms with Gasteiger partial charge in [-0.05, 0) is 31.7 Å². The SMILES string of the molecule is CC[C@@H](O)[C@@]1(C)OC(=O)N(CCCCN=[N+]=[N-])[C@@H]1C=O. The minimum Gasteiger partial charge on any atom is -0.438 e. The molecule has 1 N–H and O–H groups in total. The van der Waals surface area contributed by atoms with Crippen LogP contribution in [0.25, 0.3) is 10.4 Å². The minimum absolute atomic E-state index is 0.329. The fourth-order valence-electron chi connectivity index (χ4n) is 2.35. The van der Waals surface area contributed by atoms with Crippen molar-refractivity contribution in [2.24, 2.45) is 5.11 Å². The number of azide groups is 1. The molecule has 0 aliphatic carbocycles. The number of aliphatic hydroxyl groups is 1. The van der Waals surface area contributed by atoms with E-state index in [0.29, 0.717) is 38.6 Å². The van der Waals surface area contributed by atoms with Crippen LogP contribution in [-0.4, -0.2) is 53.2 Å². The molecular weight excluding hydrogens is 264 g/mol. The van der Waals surface area contributed by atoms with Crippen molar-refractivity contribution in [1.82, 2.24) is 4.90 Å². The number of amides is 1. The molecule has 1 heterocycles. The van der Waals surface area contributed by atoms with E-state index in [1.807, 2.05) is 0 Å². The molecule has 1 rings (SSSR count). The molecule has 3 atom stereocenters. The molecule has 1 amide bonds. The molecule has 0 radical (unpaired) electrons. The Kier molecular flexibility index (Phi) is 5.79. The molecule has 112 valence electrons. The number of nitrogens with zero attached hydrogens (tertiary/aromatic N) is 4. The predicted molar refractivity (Wildman–Crippen MR) is 71.0 cm³/mol. The third-order valence-electron chi connectivity index (χ3n) is 3.61. The zero-order valence-electron chi connectivity index (χ0n) is 11.7. The molecule has 0 unspecified atom stereocenters. The van der Waals surface area contributed by atoms with Gasteiger partial charge in [-0.25, -0.2) is 4.79 Å². The van der Waals surface area contributed by atoms with Crippen LogP contribution >= 0.6 is 0 Å². The molecule has 1 fully saturated rings. The van der Waals surface area contributed by atoms with Crippen LogP contribution in [-0.2, 0) is 9.53 Å². The number of ether oxygens (including phenoxy) is 1. The monoisotopic (exact) mass is 284 g/mol. The lowest BCUT2D eigenvalue weighted by molar-refractivity contribution is -0.120. The fourth-order valence-corrected chi connectivity index (χ4v) is 2.35. The van der Waals surface area contributed by atoms with E-state index in [1.165, 1.54) is 4.90 Å². The van der Waals surface area contributed by atoms with E-state index < -0.39 is 23.8 Å². The van der Waals surface area contributed by atoms with Gasteiger partial charge in [-0.3, -0.25) is 4.90 Å². The van der Waals surface area contributed by atoms with E-state index >= 15 is 0 Å². The maximum atomic E-state index is 11.9. The van der Waals surface area contributed by atoms with E-state index in [9.17, 15) is 14.7 Å². The van der Waals surface area contributed by atoms with Crippen molar-refractivity contribution in [1.29, 1.82) is 0 Å². The number of cyclic esters (lactones) is 1. The van der Waals surface area contributed by atoms with Crippen LogP contribution in [0.1, 0.15) is 33.1 Å². The standard InChI is InChI=1S/C12H20N4O4/c1-3-10(18)12(2)9(8-17)16(11(19)20-12)7-5-4-6-14-15-13/h8-10,18H,3-7H2,1-2H3/t9-,10-,12+/m1/s1. The van der Waals surface area contributed by atoms with Crippen molar-refractivity contribution < 1.29 is 19.4 Å². The Labute approximate surface area is 117 Å². The van der Waals surface area contributed by atoms with Crippen molar-refractivity contribution in [3.05, 3.63) is 10.4 Å². The van der Waals surface area contributed by atoms with E-state index in [-0.39, 0.29) is 0 Å². The Morgan fingerprint density at radius 1 is 1.65 bits per heavy atom. The lowest BCUT2D eigenvalue weighted by Gasteiger charge is -2.31. The highest BCUT2D eigenvalue weighted by Crippen LogP contribution is 2.33. The Morgan fingerprint density at radius 3 is 2.90 bits per heavy atom. The highest BCUT2D eigenvalue weighted by molar-refractivity contribution is 5.79. The van der Waals surface area contributed by atoms with Gasteiger partial charge in [0.25, 0.3) is 0 Å². The van der Waals surface area contributed by atoms with Crippen molar-refractivity contribution in [3.8, 4) is 0 Å². The van der Waals surface area contributed by atoms with Gasteiger partial charge in [0.1, 0.15) is 12.3 Å². The number of aliphatic hydroxyl groups excluding tert-OH is 1. The summed E-state index contributed by atoms with van der Waals surface area (Å²) in [6.45, 7) is 4.00. The second-order valence-corrected chi connectivity index (χ2v) is 4.91. The van der Waals surface area contributed by atoms with Crippen LogP contribution in [0.3, 0.4) is 0 Å². The maximum Gasteiger partial charge on any atom is 0.411 e. The number of rotatable bonds is 8. The molecule has 1 aliphatic heterocycles. The lowest BCUT2D eigenvalue weighted by Crippen LogP contribution is -2.52. The highest BCUT2D eigenvalue weighted by atomic mass is 16.6. The third-order valence-corrected chi connectivity index (χ3v) is 3.61. The zero-order chi connectivity index (χ0) is 15.2. The van der Waals surface area contributed by atoms with Crippen molar-refractivity contribution in [2.75, 3.05) is 13.1 Å². The number of carbonyl (C=O) groups excluding carboxylic acids is 2. The van der Waals surface area contributed by atoms with Crippen LogP contribution in [0.4, 0.5) is 4.79 Å². The van der Waals surface area contributed by atoms with Gasteiger partial charge in [0.05, 0.1) is 6.10 Å². The summed E-state index contributed by atoms with van der Waals surface area (Å²) in [6, 6.07) is -0.801. The van der Waals surface area contributed by atoms with E-state index in [1.54, 1.807) is 13.8 Å². The molecule has 0 aromatic rings. The van der Waals surface area contributed by atoms with Crippen LogP contribution in [0, 0.1) is 0 Å². The number of aldehydes is 1. The van der Waals surface area contributed by atoms with Crippen molar-refractivity contribution in [3.63, 3.8) is 0 Å². The van der Waals surface area contributed by atoms with Gasteiger partial charge in [0.2, 0.25) is 0 Å². The summed E-state index contributed by atoms with van der Waals surface area (Å²) in [5, 5.41) is 13.4. The second-order valence-electron chi connectivity index (χ2n) is 4.91. The molecule has 8 heteroatoms. The van der Waals surface area contributed by atoms with Gasteiger partial charge >= 0.3 is 6.09 Å². The van der Waals surface area contributed by atoms with Gasteiger partial charge in [-0.2, -0.15) is 0 Å². The van der Waals surface area contributed by atoms with Crippen LogP contribution < -0.4 is 0 Å². The summed E-state index contributed by atoms with van der Waals surface area (Å²) in [5.41, 5.74) is 6.95. The predicted octanol–water partition coefficient (Wildman–Crippen LogP) is 1.63. The van der Waals surface area contributed by atoms with Crippen LogP contribution in [0.2, 0.25) is 0 Å². The van der Waals surface area contributed by atoms with Crippen LogP contribution in [0.5, 0.6) is 0 Å². The third kappa shape index (κ3) is 3.20. The summed E-state index contributed by atoms with van der Waals surface area (Å²) >= 11 is 0. The Morgan fingerprint density at radius 2 is 2.35 bits per heavy atom. The second kappa shape index (κ2) is 7.12. The topological polar surface area (TPSA) is 116 Å². The lowest BCUT2D eigenvalue weighted by atomic mass is 9.89. The smallest absolute Gasteiger partial charge is 0.411 e. The molecule has 8 nitrogen and oxygen atoms in total. The summed E-state index contributed by atoms with van der Waals surface area (Å²) < 4.78 is 5.22. The molecule has 0 saturated carbocycles. The Balaban J connectivity index is 2.69. The molecule has 1 saturated heterocycles.